The first kappa shape index (κ1) is 30.9. The highest BCUT2D eigenvalue weighted by molar-refractivity contribution is 8.00. The molecule has 1 aliphatic heterocycles. The minimum Gasteiger partial charge on any atom is -0.321 e. The van der Waals surface area contributed by atoms with Crippen LogP contribution in [0, 0.1) is 5.82 Å². The van der Waals surface area contributed by atoms with Crippen molar-refractivity contribution in [3.8, 4) is 0 Å². The molecule has 2 N–H and O–H groups in total. The molecule has 0 saturated carbocycles. The van der Waals surface area contributed by atoms with Crippen molar-refractivity contribution in [3.63, 3.8) is 0 Å². The number of fused-ring (bicyclic) bond motifs is 2. The Morgan fingerprint density at radius 1 is 0.761 bits per heavy atom. The van der Waals surface area contributed by atoms with Gasteiger partial charge in [-0.25, -0.2) is 4.39 Å². The molecule has 0 saturated heterocycles. The molecule has 3 amide bonds. The Morgan fingerprint density at radius 2 is 1.35 bits per heavy atom. The van der Waals surface area contributed by atoms with Crippen LogP contribution in [-0.2, 0) is 9.59 Å². The van der Waals surface area contributed by atoms with Crippen LogP contribution >= 0.6 is 23.5 Å². The summed E-state index contributed by atoms with van der Waals surface area (Å²) in [7, 11) is 0. The highest BCUT2D eigenvalue weighted by atomic mass is 32.2. The van der Waals surface area contributed by atoms with E-state index in [4.69, 9.17) is 0 Å². The second-order valence-electron chi connectivity index (χ2n) is 10.3. The summed E-state index contributed by atoms with van der Waals surface area (Å²) < 4.78 is 14.5. The van der Waals surface area contributed by atoms with Crippen molar-refractivity contribution in [2.45, 2.75) is 26.9 Å². The maximum Gasteiger partial charge on any atom is 0.272 e. The maximum absolute atomic E-state index is 14.5. The third-order valence-corrected chi connectivity index (χ3v) is 9.39. The number of nitrogens with zero attached hydrogens (tertiary/aromatic N) is 1. The molecular formula is C37H28FN3O3S2. The number of hydrogen-bond donors (Lipinski definition) is 2. The highest BCUT2D eigenvalue weighted by Gasteiger charge is 2.31. The van der Waals surface area contributed by atoms with Crippen molar-refractivity contribution >= 4 is 64.4 Å². The lowest BCUT2D eigenvalue weighted by Gasteiger charge is -2.32. The van der Waals surface area contributed by atoms with Crippen LogP contribution in [0.5, 0.6) is 0 Å². The van der Waals surface area contributed by atoms with Crippen LogP contribution in [0.25, 0.3) is 6.08 Å². The Morgan fingerprint density at radius 3 is 2.00 bits per heavy atom. The van der Waals surface area contributed by atoms with Gasteiger partial charge in [-0.15, -0.1) is 11.8 Å². The average molecular weight is 646 g/mol. The molecule has 0 aromatic heterocycles. The number of thioether (sulfide) groups is 1. The largest absolute Gasteiger partial charge is 0.321 e. The molecule has 0 spiro atoms. The van der Waals surface area contributed by atoms with Gasteiger partial charge < -0.3 is 10.6 Å². The molecule has 0 bridgehead atoms. The molecule has 1 atom stereocenters. The number of halogens is 1. The van der Waals surface area contributed by atoms with Crippen molar-refractivity contribution in [2.75, 3.05) is 10.2 Å². The van der Waals surface area contributed by atoms with Crippen molar-refractivity contribution < 1.29 is 18.8 Å². The minimum absolute atomic E-state index is 0.0420. The molecule has 0 fully saturated rings. The van der Waals surface area contributed by atoms with Crippen LogP contribution in [0.4, 0.5) is 21.5 Å². The second-order valence-corrected chi connectivity index (χ2v) is 12.8. The summed E-state index contributed by atoms with van der Waals surface area (Å²) >= 11 is 3.07. The summed E-state index contributed by atoms with van der Waals surface area (Å²) in [5, 5.41) is 5.00. The number of carbonyl (C=O) groups excluding carboxylic acids is 3. The van der Waals surface area contributed by atoms with Gasteiger partial charge in [-0.05, 0) is 79.7 Å². The second kappa shape index (κ2) is 13.9. The van der Waals surface area contributed by atoms with Crippen LogP contribution in [0.1, 0.15) is 22.8 Å². The topological polar surface area (TPSA) is 78.5 Å². The lowest BCUT2D eigenvalue weighted by atomic mass is 10.1. The standard InChI is InChI=1S/C37H28FN3O3S2/c1-24(37(44)41-31-15-7-9-17-33(31)46-34-18-10-8-16-32(34)41)45-28-21-19-27(20-22-28)39-36(43)30(23-26-13-5-6-14-29(26)38)40-35(42)25-11-3-2-4-12-25/h2-24H,1H3,(H,39,43)(H,40,42)/b30-23-. The van der Waals surface area contributed by atoms with Gasteiger partial charge in [0.1, 0.15) is 11.5 Å². The average Bonchev–Trinajstić information content (AvgIpc) is 3.08. The fourth-order valence-electron chi connectivity index (χ4n) is 4.88. The van der Waals surface area contributed by atoms with Crippen molar-refractivity contribution in [3.05, 3.63) is 150 Å². The lowest BCUT2D eigenvalue weighted by molar-refractivity contribution is -0.117. The van der Waals surface area contributed by atoms with E-state index < -0.39 is 22.9 Å². The van der Waals surface area contributed by atoms with E-state index >= 15 is 0 Å². The first-order valence-electron chi connectivity index (χ1n) is 14.5. The fourth-order valence-corrected chi connectivity index (χ4v) is 6.85. The maximum atomic E-state index is 14.5. The van der Waals surface area contributed by atoms with E-state index in [1.54, 1.807) is 71.3 Å². The summed E-state index contributed by atoms with van der Waals surface area (Å²) in [6.07, 6.45) is 1.30. The molecule has 6 nitrogen and oxygen atoms in total. The summed E-state index contributed by atoms with van der Waals surface area (Å²) in [4.78, 5) is 44.8. The summed E-state index contributed by atoms with van der Waals surface area (Å²) in [5.74, 6) is -1.68. The van der Waals surface area contributed by atoms with Crippen LogP contribution in [0.15, 0.2) is 148 Å². The Balaban J connectivity index is 1.17. The Kier molecular flexibility index (Phi) is 9.33. The van der Waals surface area contributed by atoms with E-state index in [0.29, 0.717) is 11.3 Å². The normalized spacial score (nSPS) is 12.8. The van der Waals surface area contributed by atoms with E-state index in [0.717, 1.165) is 26.1 Å². The predicted octanol–water partition coefficient (Wildman–Crippen LogP) is 8.55. The van der Waals surface area contributed by atoms with Gasteiger partial charge in [0.25, 0.3) is 11.8 Å². The van der Waals surface area contributed by atoms with E-state index in [1.165, 1.54) is 30.0 Å². The first-order chi connectivity index (χ1) is 22.4. The molecule has 5 aromatic rings. The van der Waals surface area contributed by atoms with Crippen LogP contribution in [-0.4, -0.2) is 23.0 Å². The first-order valence-corrected chi connectivity index (χ1v) is 16.2. The number of anilines is 3. The third-order valence-electron chi connectivity index (χ3n) is 7.16. The predicted molar refractivity (Wildman–Crippen MR) is 183 cm³/mol. The molecular weight excluding hydrogens is 618 g/mol. The van der Waals surface area contributed by atoms with Gasteiger partial charge in [0.2, 0.25) is 5.91 Å². The summed E-state index contributed by atoms with van der Waals surface area (Å²) in [6, 6.07) is 37.3. The SMILES string of the molecule is CC(Sc1ccc(NC(=O)/C(=C/c2ccccc2F)NC(=O)c2ccccc2)cc1)C(=O)N1c2ccccc2Sc2ccccc21. The number of hydrogen-bond acceptors (Lipinski definition) is 5. The molecule has 5 aromatic carbocycles. The van der Waals surface area contributed by atoms with Crippen LogP contribution in [0.3, 0.4) is 0 Å². The number of carbonyl (C=O) groups is 3. The zero-order chi connectivity index (χ0) is 32.0. The number of benzene rings is 5. The quantitative estimate of drug-likeness (QED) is 0.131. The van der Waals surface area contributed by atoms with Gasteiger partial charge >= 0.3 is 0 Å². The van der Waals surface area contributed by atoms with Crippen molar-refractivity contribution in [1.82, 2.24) is 5.32 Å². The molecule has 0 radical (unpaired) electrons. The van der Waals surface area contributed by atoms with Gasteiger partial charge in [0, 0.05) is 31.5 Å². The van der Waals surface area contributed by atoms with E-state index in [1.807, 2.05) is 67.6 Å². The van der Waals surface area contributed by atoms with E-state index in [2.05, 4.69) is 10.6 Å². The summed E-state index contributed by atoms with van der Waals surface area (Å²) in [5.41, 5.74) is 2.59. The molecule has 1 unspecified atom stereocenters. The van der Waals surface area contributed by atoms with E-state index in [9.17, 15) is 18.8 Å². The van der Waals surface area contributed by atoms with Gasteiger partial charge in [0.15, 0.2) is 0 Å². The Hall–Kier alpha value is -5.12. The molecule has 228 valence electrons. The summed E-state index contributed by atoms with van der Waals surface area (Å²) in [6.45, 7) is 1.88. The van der Waals surface area contributed by atoms with Crippen molar-refractivity contribution in [2.24, 2.45) is 0 Å². The smallest absolute Gasteiger partial charge is 0.272 e. The Bertz CT molecular complexity index is 1900. The Labute approximate surface area is 274 Å². The molecule has 1 aliphatic rings. The fraction of sp³-hybridized carbons (Fsp3) is 0.0541. The van der Waals surface area contributed by atoms with Gasteiger partial charge in [-0.2, -0.15) is 0 Å². The van der Waals surface area contributed by atoms with Crippen molar-refractivity contribution in [1.29, 1.82) is 0 Å². The zero-order valence-electron chi connectivity index (χ0n) is 24.6. The highest BCUT2D eigenvalue weighted by Crippen LogP contribution is 2.48. The number of amides is 3. The molecule has 6 rings (SSSR count). The van der Waals surface area contributed by atoms with Crippen LogP contribution < -0.4 is 15.5 Å². The van der Waals surface area contributed by atoms with Gasteiger partial charge in [0.05, 0.1) is 16.6 Å². The molecule has 0 aliphatic carbocycles. The molecule has 46 heavy (non-hydrogen) atoms. The molecule has 1 heterocycles. The molecule has 9 heteroatoms. The number of nitrogens with one attached hydrogen (secondary N) is 2. The minimum atomic E-state index is -0.614. The van der Waals surface area contributed by atoms with Gasteiger partial charge in [-0.1, -0.05) is 72.4 Å². The number of rotatable bonds is 8. The van der Waals surface area contributed by atoms with Gasteiger partial charge in [-0.3, -0.25) is 19.3 Å². The number of para-hydroxylation sites is 2. The van der Waals surface area contributed by atoms with E-state index in [-0.39, 0.29) is 17.2 Å². The third kappa shape index (κ3) is 6.91. The van der Waals surface area contributed by atoms with Crippen LogP contribution in [0.2, 0.25) is 0 Å². The lowest BCUT2D eigenvalue weighted by Crippen LogP contribution is -2.34. The zero-order valence-corrected chi connectivity index (χ0v) is 26.3. The monoisotopic (exact) mass is 645 g/mol.